The highest BCUT2D eigenvalue weighted by molar-refractivity contribution is 6.04. The van der Waals surface area contributed by atoms with Crippen LogP contribution in [0.25, 0.3) is 0 Å². The van der Waals surface area contributed by atoms with Crippen LogP contribution in [0.5, 0.6) is 0 Å². The lowest BCUT2D eigenvalue weighted by molar-refractivity contribution is -0.137. The number of aromatic nitrogens is 2. The molecule has 0 saturated heterocycles. The molecule has 1 N–H and O–H groups in total. The van der Waals surface area contributed by atoms with Gasteiger partial charge < -0.3 is 10.2 Å². The number of hydrogen-bond acceptors (Lipinski definition) is 4. The molecule has 0 spiro atoms. The average molecular weight is 338 g/mol. The predicted molar refractivity (Wildman–Crippen MR) is 85.2 cm³/mol. The maximum Gasteiger partial charge on any atom is 0.416 e. The monoisotopic (exact) mass is 338 g/mol. The summed E-state index contributed by atoms with van der Waals surface area (Å²) in [6.07, 6.45) is -4.43. The molecule has 1 amide bonds. The van der Waals surface area contributed by atoms with E-state index >= 15 is 0 Å². The first-order valence-corrected chi connectivity index (χ1v) is 7.10. The van der Waals surface area contributed by atoms with E-state index in [0.717, 1.165) is 24.3 Å². The molecule has 0 fully saturated rings. The fourth-order valence-corrected chi connectivity index (χ4v) is 2.08. The molecule has 0 saturated carbocycles. The minimum absolute atomic E-state index is 0.124. The zero-order valence-corrected chi connectivity index (χ0v) is 13.7. The number of carbonyl (C=O) groups is 1. The van der Waals surface area contributed by atoms with Crippen molar-refractivity contribution in [3.63, 3.8) is 0 Å². The molecule has 2 aromatic rings. The van der Waals surface area contributed by atoms with E-state index in [2.05, 4.69) is 15.3 Å². The number of aryl methyl sites for hydroxylation is 2. The number of carbonyl (C=O) groups excluding carboxylic acids is 1. The molecule has 1 heterocycles. The summed E-state index contributed by atoms with van der Waals surface area (Å²) in [6.45, 7) is 3.45. The molecule has 0 radical (unpaired) electrons. The number of alkyl halides is 3. The number of nitrogens with zero attached hydrogens (tertiary/aromatic N) is 3. The molecule has 2 rings (SSSR count). The van der Waals surface area contributed by atoms with Crippen LogP contribution in [-0.4, -0.2) is 30.0 Å². The van der Waals surface area contributed by atoms with Gasteiger partial charge in [0.2, 0.25) is 5.95 Å². The van der Waals surface area contributed by atoms with E-state index in [4.69, 9.17) is 0 Å². The van der Waals surface area contributed by atoms with Crippen molar-refractivity contribution in [2.24, 2.45) is 0 Å². The van der Waals surface area contributed by atoms with Gasteiger partial charge in [0.25, 0.3) is 5.91 Å². The molecule has 128 valence electrons. The van der Waals surface area contributed by atoms with E-state index in [9.17, 15) is 18.0 Å². The third kappa shape index (κ3) is 3.81. The zero-order valence-electron chi connectivity index (χ0n) is 13.7. The normalized spacial score (nSPS) is 11.3. The lowest BCUT2D eigenvalue weighted by Crippen LogP contribution is -2.18. The van der Waals surface area contributed by atoms with Crippen molar-refractivity contribution >= 4 is 17.5 Å². The van der Waals surface area contributed by atoms with Gasteiger partial charge in [-0.2, -0.15) is 13.2 Å². The number of nitrogens with one attached hydrogen (secondary N) is 1. The number of hydrogen-bond donors (Lipinski definition) is 1. The highest BCUT2D eigenvalue weighted by atomic mass is 19.4. The molecule has 0 aliphatic carbocycles. The van der Waals surface area contributed by atoms with Crippen LogP contribution in [0.4, 0.5) is 24.8 Å². The van der Waals surface area contributed by atoms with Gasteiger partial charge >= 0.3 is 6.18 Å². The Labute approximate surface area is 137 Å². The van der Waals surface area contributed by atoms with Gasteiger partial charge in [-0.1, -0.05) is 0 Å². The van der Waals surface area contributed by atoms with Crippen LogP contribution < -0.4 is 10.2 Å². The zero-order chi connectivity index (χ0) is 18.1. The summed E-state index contributed by atoms with van der Waals surface area (Å²) in [5.41, 5.74) is 0.923. The highest BCUT2D eigenvalue weighted by Crippen LogP contribution is 2.29. The van der Waals surface area contributed by atoms with Gasteiger partial charge in [-0.15, -0.1) is 0 Å². The smallest absolute Gasteiger partial charge is 0.347 e. The van der Waals surface area contributed by atoms with Crippen LogP contribution in [0.2, 0.25) is 0 Å². The first kappa shape index (κ1) is 17.7. The van der Waals surface area contributed by atoms with Crippen LogP contribution in [-0.2, 0) is 6.18 Å². The van der Waals surface area contributed by atoms with Crippen LogP contribution in [0.1, 0.15) is 27.3 Å². The fourth-order valence-electron chi connectivity index (χ4n) is 2.08. The van der Waals surface area contributed by atoms with E-state index < -0.39 is 17.6 Å². The van der Waals surface area contributed by atoms with Crippen molar-refractivity contribution in [1.82, 2.24) is 9.97 Å². The van der Waals surface area contributed by atoms with Gasteiger partial charge in [0.05, 0.1) is 22.6 Å². The maximum absolute atomic E-state index is 12.6. The van der Waals surface area contributed by atoms with Gasteiger partial charge in [0.15, 0.2) is 0 Å². The minimum atomic E-state index is -4.43. The van der Waals surface area contributed by atoms with Crippen molar-refractivity contribution in [3.8, 4) is 0 Å². The third-order valence-electron chi connectivity index (χ3n) is 3.37. The van der Waals surface area contributed by atoms with Gasteiger partial charge in [0.1, 0.15) is 0 Å². The summed E-state index contributed by atoms with van der Waals surface area (Å²) >= 11 is 0. The van der Waals surface area contributed by atoms with Crippen molar-refractivity contribution in [1.29, 1.82) is 0 Å². The lowest BCUT2D eigenvalue weighted by atomic mass is 10.1. The Hall–Kier alpha value is -2.64. The molecule has 0 aliphatic rings. The summed E-state index contributed by atoms with van der Waals surface area (Å²) in [4.78, 5) is 22.5. The quantitative estimate of drug-likeness (QED) is 0.931. The van der Waals surface area contributed by atoms with E-state index in [0.29, 0.717) is 23.0 Å². The second kappa shape index (κ2) is 6.46. The first-order valence-electron chi connectivity index (χ1n) is 7.10. The average Bonchev–Trinajstić information content (AvgIpc) is 2.49. The number of amides is 1. The van der Waals surface area contributed by atoms with Crippen LogP contribution >= 0.6 is 0 Å². The molecule has 1 aromatic heterocycles. The van der Waals surface area contributed by atoms with Gasteiger partial charge in [-0.25, -0.2) is 9.97 Å². The number of rotatable bonds is 3. The Morgan fingerprint density at radius 1 is 1.04 bits per heavy atom. The Kier molecular flexibility index (Phi) is 4.77. The number of benzene rings is 1. The van der Waals surface area contributed by atoms with Crippen LogP contribution in [0, 0.1) is 13.8 Å². The summed E-state index contributed by atoms with van der Waals surface area (Å²) in [5, 5.41) is 2.66. The minimum Gasteiger partial charge on any atom is -0.347 e. The standard InChI is InChI=1S/C16H17F3N4O/c1-9-13(10(2)21-15(20-9)23(3)4)22-14(24)11-5-7-12(8-6-11)16(17,18)19/h5-8H,1-4H3,(H,22,24). The predicted octanol–water partition coefficient (Wildman–Crippen LogP) is 3.43. The molecular weight excluding hydrogens is 321 g/mol. The van der Waals surface area contributed by atoms with Crippen molar-refractivity contribution in [2.75, 3.05) is 24.3 Å². The molecule has 24 heavy (non-hydrogen) atoms. The molecule has 0 unspecified atom stereocenters. The van der Waals surface area contributed by atoms with Crippen LogP contribution in [0.3, 0.4) is 0 Å². The Balaban J connectivity index is 2.24. The molecule has 0 aliphatic heterocycles. The molecule has 5 nitrogen and oxygen atoms in total. The van der Waals surface area contributed by atoms with E-state index in [1.807, 2.05) is 0 Å². The number of halogens is 3. The molecular formula is C16H17F3N4O. The van der Waals surface area contributed by atoms with Crippen molar-refractivity contribution in [2.45, 2.75) is 20.0 Å². The molecule has 1 aromatic carbocycles. The SMILES string of the molecule is Cc1nc(N(C)C)nc(C)c1NC(=O)c1ccc(C(F)(F)F)cc1. The second-order valence-electron chi connectivity index (χ2n) is 5.49. The largest absolute Gasteiger partial charge is 0.416 e. The fraction of sp³-hybridized carbons (Fsp3) is 0.312. The van der Waals surface area contributed by atoms with Gasteiger partial charge in [-0.05, 0) is 38.1 Å². The van der Waals surface area contributed by atoms with Gasteiger partial charge in [-0.3, -0.25) is 4.79 Å². The van der Waals surface area contributed by atoms with E-state index in [1.165, 1.54) is 0 Å². The second-order valence-corrected chi connectivity index (χ2v) is 5.49. The maximum atomic E-state index is 12.6. The summed E-state index contributed by atoms with van der Waals surface area (Å²) < 4.78 is 37.7. The Bertz CT molecular complexity index is 732. The van der Waals surface area contributed by atoms with E-state index in [1.54, 1.807) is 32.8 Å². The molecule has 0 bridgehead atoms. The first-order chi connectivity index (χ1) is 11.1. The summed E-state index contributed by atoms with van der Waals surface area (Å²) in [5.74, 6) is -0.00587. The Morgan fingerprint density at radius 2 is 1.54 bits per heavy atom. The molecule has 0 atom stereocenters. The van der Waals surface area contributed by atoms with Crippen molar-refractivity contribution in [3.05, 3.63) is 46.8 Å². The number of anilines is 2. The summed E-state index contributed by atoms with van der Waals surface area (Å²) in [6, 6.07) is 4.02. The van der Waals surface area contributed by atoms with E-state index in [-0.39, 0.29) is 5.56 Å². The van der Waals surface area contributed by atoms with Crippen LogP contribution in [0.15, 0.2) is 24.3 Å². The summed E-state index contributed by atoms with van der Waals surface area (Å²) in [7, 11) is 3.60. The Morgan fingerprint density at radius 3 is 1.96 bits per heavy atom. The van der Waals surface area contributed by atoms with Gasteiger partial charge in [0, 0.05) is 19.7 Å². The third-order valence-corrected chi connectivity index (χ3v) is 3.37. The van der Waals surface area contributed by atoms with Crippen molar-refractivity contribution < 1.29 is 18.0 Å². The topological polar surface area (TPSA) is 58.1 Å². The molecule has 8 heteroatoms. The highest BCUT2D eigenvalue weighted by Gasteiger charge is 2.30. The lowest BCUT2D eigenvalue weighted by Gasteiger charge is -2.16.